The van der Waals surface area contributed by atoms with E-state index in [1.165, 1.54) is 18.4 Å². The molecule has 0 saturated carbocycles. The van der Waals surface area contributed by atoms with Crippen molar-refractivity contribution in [3.05, 3.63) is 33.7 Å². The van der Waals surface area contributed by atoms with Crippen LogP contribution in [0.1, 0.15) is 15.6 Å². The summed E-state index contributed by atoms with van der Waals surface area (Å²) in [7, 11) is 1.50. The second kappa shape index (κ2) is 8.59. The second-order valence-corrected chi connectivity index (χ2v) is 7.64. The van der Waals surface area contributed by atoms with Crippen LogP contribution in [0.4, 0.5) is 5.95 Å². The van der Waals surface area contributed by atoms with Gasteiger partial charge in [-0.2, -0.15) is 15.0 Å². The quantitative estimate of drug-likeness (QED) is 0.647. The Morgan fingerprint density at radius 1 is 1.25 bits per heavy atom. The molecule has 1 aliphatic rings. The van der Waals surface area contributed by atoms with Gasteiger partial charge in [-0.3, -0.25) is 4.79 Å². The van der Waals surface area contributed by atoms with Gasteiger partial charge in [0.1, 0.15) is 0 Å². The maximum atomic E-state index is 12.5. The molecule has 0 unspecified atom stereocenters. The first-order valence-corrected chi connectivity index (χ1v) is 10.4. The molecule has 0 atom stereocenters. The zero-order valence-corrected chi connectivity index (χ0v) is 16.8. The molecule has 146 valence electrons. The number of ether oxygens (including phenoxy) is 2. The monoisotopic (exact) mass is 418 g/mol. The molecule has 1 saturated heterocycles. The Morgan fingerprint density at radius 2 is 2.11 bits per heavy atom. The highest BCUT2D eigenvalue weighted by Gasteiger charge is 2.18. The zero-order valence-electron chi connectivity index (χ0n) is 15.1. The Balaban J connectivity index is 1.44. The zero-order chi connectivity index (χ0) is 19.3. The summed E-state index contributed by atoms with van der Waals surface area (Å²) in [6.45, 7) is 2.80. The van der Waals surface area contributed by atoms with E-state index in [1.54, 1.807) is 11.3 Å². The van der Waals surface area contributed by atoms with Crippen LogP contribution in [0, 0.1) is 0 Å². The van der Waals surface area contributed by atoms with Gasteiger partial charge in [0.05, 0.1) is 37.4 Å². The van der Waals surface area contributed by atoms with Crippen LogP contribution in [-0.2, 0) is 11.3 Å². The minimum Gasteiger partial charge on any atom is -0.467 e. The number of thiophene rings is 1. The molecule has 0 aromatic carbocycles. The molecule has 4 heterocycles. The summed E-state index contributed by atoms with van der Waals surface area (Å²) in [4.78, 5) is 32.9. The number of aromatic nitrogens is 4. The van der Waals surface area contributed by atoms with E-state index in [0.717, 1.165) is 10.6 Å². The van der Waals surface area contributed by atoms with Crippen LogP contribution in [0.2, 0.25) is 0 Å². The van der Waals surface area contributed by atoms with Crippen LogP contribution in [0.3, 0.4) is 0 Å². The summed E-state index contributed by atoms with van der Waals surface area (Å²) in [6.07, 6.45) is 0. The van der Waals surface area contributed by atoms with Gasteiger partial charge >= 0.3 is 6.01 Å². The standard InChI is InChI=1S/C17H18N6O3S2/c1-25-17-21-13(20-16(22-17)23-4-6-26-7-5-23)9-18-14(24)15-19-11(10-28-15)12-3-2-8-27-12/h2-3,8,10H,4-7,9H2,1H3,(H,18,24). The first-order chi connectivity index (χ1) is 13.7. The lowest BCUT2D eigenvalue weighted by Crippen LogP contribution is -2.37. The van der Waals surface area contributed by atoms with Crippen LogP contribution in [0.15, 0.2) is 22.9 Å². The van der Waals surface area contributed by atoms with Crippen molar-refractivity contribution >= 4 is 34.5 Å². The van der Waals surface area contributed by atoms with Crippen molar-refractivity contribution in [2.45, 2.75) is 6.54 Å². The average Bonchev–Trinajstić information content (AvgIpc) is 3.44. The SMILES string of the molecule is COc1nc(CNC(=O)c2nc(-c3cccs3)cs2)nc(N2CCOCC2)n1. The Labute approximate surface area is 169 Å². The number of methoxy groups -OCH3 is 1. The smallest absolute Gasteiger partial charge is 0.321 e. The van der Waals surface area contributed by atoms with Crippen LogP contribution in [-0.4, -0.2) is 59.3 Å². The Hall–Kier alpha value is -2.63. The molecule has 0 aliphatic carbocycles. The number of carbonyl (C=O) groups is 1. The maximum Gasteiger partial charge on any atom is 0.321 e. The predicted molar refractivity (Wildman–Crippen MR) is 106 cm³/mol. The summed E-state index contributed by atoms with van der Waals surface area (Å²) < 4.78 is 10.5. The highest BCUT2D eigenvalue weighted by molar-refractivity contribution is 7.15. The number of nitrogens with one attached hydrogen (secondary N) is 1. The van der Waals surface area contributed by atoms with Crippen molar-refractivity contribution in [3.8, 4) is 16.6 Å². The molecule has 11 heteroatoms. The van der Waals surface area contributed by atoms with Gasteiger partial charge in [-0.1, -0.05) is 6.07 Å². The van der Waals surface area contributed by atoms with Gasteiger partial charge in [0, 0.05) is 18.5 Å². The molecular weight excluding hydrogens is 400 g/mol. The third-order valence-corrected chi connectivity index (χ3v) is 5.74. The van der Waals surface area contributed by atoms with E-state index in [9.17, 15) is 4.79 Å². The lowest BCUT2D eigenvalue weighted by molar-refractivity contribution is 0.0949. The number of anilines is 1. The van der Waals surface area contributed by atoms with Gasteiger partial charge < -0.3 is 19.7 Å². The molecule has 1 fully saturated rings. The van der Waals surface area contributed by atoms with Crippen LogP contribution >= 0.6 is 22.7 Å². The Morgan fingerprint density at radius 3 is 2.86 bits per heavy atom. The second-order valence-electron chi connectivity index (χ2n) is 5.84. The molecule has 1 aliphatic heterocycles. The molecule has 3 aromatic rings. The van der Waals surface area contributed by atoms with E-state index in [0.29, 0.717) is 43.1 Å². The minimum absolute atomic E-state index is 0.156. The fourth-order valence-corrected chi connectivity index (χ4v) is 4.11. The van der Waals surface area contributed by atoms with E-state index in [4.69, 9.17) is 9.47 Å². The molecule has 0 radical (unpaired) electrons. The van der Waals surface area contributed by atoms with Crippen LogP contribution in [0.25, 0.3) is 10.6 Å². The highest BCUT2D eigenvalue weighted by atomic mass is 32.1. The summed E-state index contributed by atoms with van der Waals surface area (Å²) in [5.74, 6) is 0.686. The summed E-state index contributed by atoms with van der Waals surface area (Å²) in [5.41, 5.74) is 0.807. The van der Waals surface area contributed by atoms with E-state index < -0.39 is 0 Å². The first kappa shape index (κ1) is 18.7. The molecule has 3 aromatic heterocycles. The minimum atomic E-state index is -0.264. The normalized spacial score (nSPS) is 14.1. The number of thiazole rings is 1. The molecule has 9 nitrogen and oxygen atoms in total. The molecule has 1 amide bonds. The summed E-state index contributed by atoms with van der Waals surface area (Å²) >= 11 is 2.90. The fraction of sp³-hybridized carbons (Fsp3) is 0.353. The number of carbonyl (C=O) groups excluding carboxylic acids is 1. The van der Waals surface area contributed by atoms with Crippen molar-refractivity contribution in [2.75, 3.05) is 38.3 Å². The van der Waals surface area contributed by atoms with Crippen molar-refractivity contribution in [2.24, 2.45) is 0 Å². The van der Waals surface area contributed by atoms with Crippen LogP contribution in [0.5, 0.6) is 6.01 Å². The third-order valence-electron chi connectivity index (χ3n) is 4.01. The maximum absolute atomic E-state index is 12.5. The molecule has 0 spiro atoms. The van der Waals surface area contributed by atoms with Gasteiger partial charge in [0.15, 0.2) is 10.8 Å². The number of nitrogens with zero attached hydrogens (tertiary/aromatic N) is 5. The largest absolute Gasteiger partial charge is 0.467 e. The Bertz CT molecular complexity index is 940. The van der Waals surface area contributed by atoms with E-state index in [2.05, 4.69) is 25.3 Å². The average molecular weight is 419 g/mol. The molecule has 1 N–H and O–H groups in total. The molecular formula is C17H18N6O3S2. The van der Waals surface area contributed by atoms with Gasteiger partial charge in [-0.15, -0.1) is 22.7 Å². The number of hydrogen-bond donors (Lipinski definition) is 1. The Kier molecular flexibility index (Phi) is 5.74. The van der Waals surface area contributed by atoms with E-state index >= 15 is 0 Å². The number of morpholine rings is 1. The highest BCUT2D eigenvalue weighted by Crippen LogP contribution is 2.26. The summed E-state index contributed by atoms with van der Waals surface area (Å²) in [5, 5.41) is 7.08. The first-order valence-electron chi connectivity index (χ1n) is 8.62. The fourth-order valence-electron chi connectivity index (χ4n) is 2.61. The lowest BCUT2D eigenvalue weighted by Gasteiger charge is -2.26. The van der Waals surface area contributed by atoms with E-state index in [1.807, 2.05) is 27.8 Å². The number of rotatable bonds is 6. The van der Waals surface area contributed by atoms with Gasteiger partial charge in [0.2, 0.25) is 5.95 Å². The summed E-state index contributed by atoms with van der Waals surface area (Å²) in [6, 6.07) is 4.15. The van der Waals surface area contributed by atoms with Crippen molar-refractivity contribution < 1.29 is 14.3 Å². The van der Waals surface area contributed by atoms with Crippen molar-refractivity contribution in [3.63, 3.8) is 0 Å². The molecule has 28 heavy (non-hydrogen) atoms. The number of amides is 1. The lowest BCUT2D eigenvalue weighted by atomic mass is 10.4. The van der Waals surface area contributed by atoms with Crippen molar-refractivity contribution in [1.82, 2.24) is 25.3 Å². The molecule has 0 bridgehead atoms. The van der Waals surface area contributed by atoms with Crippen molar-refractivity contribution in [1.29, 1.82) is 0 Å². The predicted octanol–water partition coefficient (Wildman–Crippen LogP) is 1.83. The van der Waals surface area contributed by atoms with Gasteiger partial charge in [-0.25, -0.2) is 4.98 Å². The number of hydrogen-bond acceptors (Lipinski definition) is 10. The third kappa shape index (κ3) is 4.26. The molecule has 4 rings (SSSR count). The van der Waals surface area contributed by atoms with Gasteiger partial charge in [0.25, 0.3) is 5.91 Å². The topological polar surface area (TPSA) is 102 Å². The van der Waals surface area contributed by atoms with Crippen LogP contribution < -0.4 is 15.0 Å². The van der Waals surface area contributed by atoms with E-state index in [-0.39, 0.29) is 18.5 Å². The van der Waals surface area contributed by atoms with Gasteiger partial charge in [-0.05, 0) is 11.4 Å².